The molecule has 1 atom stereocenters. The minimum atomic E-state index is -2.38. The van der Waals surface area contributed by atoms with Crippen LogP contribution >= 0.6 is 0 Å². The summed E-state index contributed by atoms with van der Waals surface area (Å²) < 4.78 is 30.9. The third-order valence-electron chi connectivity index (χ3n) is 2.82. The van der Waals surface area contributed by atoms with Crippen LogP contribution in [-0.2, 0) is 6.54 Å². The first-order valence-corrected chi connectivity index (χ1v) is 5.88. The molecule has 17 heavy (non-hydrogen) atoms. The maximum Gasteiger partial charge on any atom is 0.257 e. The summed E-state index contributed by atoms with van der Waals surface area (Å²) in [7, 11) is 0. The van der Waals surface area contributed by atoms with Crippen molar-refractivity contribution in [1.29, 1.82) is 0 Å². The molecular weight excluding hydrogens is 228 g/mol. The number of halogens is 2. The predicted molar refractivity (Wildman–Crippen MR) is 59.3 cm³/mol. The molecule has 0 spiro atoms. The van der Waals surface area contributed by atoms with Crippen LogP contribution in [-0.4, -0.2) is 35.9 Å². The van der Waals surface area contributed by atoms with E-state index in [-0.39, 0.29) is 6.54 Å². The zero-order chi connectivity index (χ0) is 12.1. The van der Waals surface area contributed by atoms with Crippen LogP contribution in [0.4, 0.5) is 8.78 Å². The fourth-order valence-electron chi connectivity index (χ4n) is 1.94. The highest BCUT2D eigenvalue weighted by molar-refractivity contribution is 5.11. The van der Waals surface area contributed by atoms with Gasteiger partial charge in [0.05, 0.1) is 19.0 Å². The molecule has 1 aliphatic heterocycles. The van der Waals surface area contributed by atoms with Crippen LogP contribution in [0.15, 0.2) is 12.4 Å². The van der Waals surface area contributed by atoms with Gasteiger partial charge in [-0.1, -0.05) is 0 Å². The first-order valence-electron chi connectivity index (χ1n) is 5.88. The molecule has 1 N–H and O–H groups in total. The van der Waals surface area contributed by atoms with Gasteiger partial charge in [-0.2, -0.15) is 5.10 Å². The Hall–Kier alpha value is -1.17. The van der Waals surface area contributed by atoms with Gasteiger partial charge in [0.25, 0.3) is 6.43 Å². The van der Waals surface area contributed by atoms with Crippen LogP contribution in [0.25, 0.3) is 0 Å². The summed E-state index contributed by atoms with van der Waals surface area (Å²) >= 11 is 0. The Morgan fingerprint density at radius 2 is 2.47 bits per heavy atom. The zero-order valence-corrected chi connectivity index (χ0v) is 9.61. The van der Waals surface area contributed by atoms with E-state index >= 15 is 0 Å². The predicted octanol–water partition coefficient (Wildman–Crippen LogP) is 1.53. The van der Waals surface area contributed by atoms with Gasteiger partial charge in [0.1, 0.15) is 6.54 Å². The van der Waals surface area contributed by atoms with Crippen LogP contribution in [0.3, 0.4) is 0 Å². The van der Waals surface area contributed by atoms with Crippen molar-refractivity contribution >= 4 is 0 Å². The van der Waals surface area contributed by atoms with E-state index in [1.165, 1.54) is 23.5 Å². The Kier molecular flexibility index (Phi) is 4.30. The molecule has 2 rings (SSSR count). The third kappa shape index (κ3) is 3.96. The van der Waals surface area contributed by atoms with Crippen LogP contribution < -0.4 is 10.1 Å². The van der Waals surface area contributed by atoms with Crippen molar-refractivity contribution < 1.29 is 13.5 Å². The third-order valence-corrected chi connectivity index (χ3v) is 2.82. The lowest BCUT2D eigenvalue weighted by atomic mass is 10.0. The van der Waals surface area contributed by atoms with Gasteiger partial charge in [-0.3, -0.25) is 4.68 Å². The molecule has 1 aromatic rings. The van der Waals surface area contributed by atoms with Gasteiger partial charge in [-0.25, -0.2) is 8.78 Å². The first-order chi connectivity index (χ1) is 8.24. The van der Waals surface area contributed by atoms with Gasteiger partial charge in [-0.05, 0) is 19.4 Å². The second kappa shape index (κ2) is 5.95. The number of ether oxygens (including phenoxy) is 1. The van der Waals surface area contributed by atoms with Gasteiger partial charge in [-0.15, -0.1) is 0 Å². The second-order valence-electron chi connectivity index (χ2n) is 4.31. The highest BCUT2D eigenvalue weighted by atomic mass is 19.3. The highest BCUT2D eigenvalue weighted by Gasteiger charge is 2.14. The minimum absolute atomic E-state index is 0.381. The largest absolute Gasteiger partial charge is 0.490 e. The number of alkyl halides is 2. The molecule has 0 bridgehead atoms. The number of nitrogens with zero attached hydrogens (tertiary/aromatic N) is 2. The molecule has 1 aromatic heterocycles. The van der Waals surface area contributed by atoms with E-state index in [4.69, 9.17) is 4.74 Å². The molecule has 96 valence electrons. The van der Waals surface area contributed by atoms with E-state index in [1.54, 1.807) is 0 Å². The zero-order valence-electron chi connectivity index (χ0n) is 9.61. The Morgan fingerprint density at radius 3 is 3.18 bits per heavy atom. The van der Waals surface area contributed by atoms with Gasteiger partial charge < -0.3 is 10.1 Å². The van der Waals surface area contributed by atoms with Gasteiger partial charge in [0.2, 0.25) is 0 Å². The SMILES string of the molecule is FC(F)Cn1cc(OCC2CCCNC2)cn1. The van der Waals surface area contributed by atoms with E-state index in [0.29, 0.717) is 18.3 Å². The molecule has 1 fully saturated rings. The fourth-order valence-corrected chi connectivity index (χ4v) is 1.94. The lowest BCUT2D eigenvalue weighted by Crippen LogP contribution is -2.32. The molecule has 1 unspecified atom stereocenters. The summed E-state index contributed by atoms with van der Waals surface area (Å²) in [6, 6.07) is 0. The maximum atomic E-state index is 12.1. The summed E-state index contributed by atoms with van der Waals surface area (Å²) in [6.07, 6.45) is 2.93. The topological polar surface area (TPSA) is 39.1 Å². The number of rotatable bonds is 5. The molecule has 1 saturated heterocycles. The van der Waals surface area contributed by atoms with Gasteiger partial charge in [0.15, 0.2) is 5.75 Å². The Labute approximate surface area is 98.9 Å². The van der Waals surface area contributed by atoms with Crippen molar-refractivity contribution in [2.45, 2.75) is 25.8 Å². The van der Waals surface area contributed by atoms with Crippen LogP contribution in [0.5, 0.6) is 5.75 Å². The Balaban J connectivity index is 1.76. The molecule has 0 aromatic carbocycles. The molecule has 0 saturated carbocycles. The fraction of sp³-hybridized carbons (Fsp3) is 0.727. The number of aromatic nitrogens is 2. The minimum Gasteiger partial charge on any atom is -0.490 e. The maximum absolute atomic E-state index is 12.1. The summed E-state index contributed by atoms with van der Waals surface area (Å²) in [6.45, 7) is 2.27. The lowest BCUT2D eigenvalue weighted by Gasteiger charge is -2.22. The van der Waals surface area contributed by atoms with Crippen molar-refractivity contribution in [1.82, 2.24) is 15.1 Å². The summed E-state index contributed by atoms with van der Waals surface area (Å²) in [4.78, 5) is 0. The van der Waals surface area contributed by atoms with E-state index in [2.05, 4.69) is 10.4 Å². The van der Waals surface area contributed by atoms with E-state index in [9.17, 15) is 8.78 Å². The number of nitrogens with one attached hydrogen (secondary N) is 1. The molecule has 1 aliphatic rings. The summed E-state index contributed by atoms with van der Waals surface area (Å²) in [5.41, 5.74) is 0. The molecule has 4 nitrogen and oxygen atoms in total. The molecule has 2 heterocycles. The summed E-state index contributed by atoms with van der Waals surface area (Å²) in [5, 5.41) is 7.12. The standard InChI is InChI=1S/C11H17F2N3O/c12-11(13)7-16-6-10(5-15-16)17-8-9-2-1-3-14-4-9/h5-6,9,11,14H,1-4,7-8H2. The average Bonchev–Trinajstić information content (AvgIpc) is 2.75. The lowest BCUT2D eigenvalue weighted by molar-refractivity contribution is 0.121. The van der Waals surface area contributed by atoms with Crippen LogP contribution in [0, 0.1) is 5.92 Å². The van der Waals surface area contributed by atoms with E-state index < -0.39 is 6.43 Å². The van der Waals surface area contributed by atoms with E-state index in [1.807, 2.05) is 0 Å². The monoisotopic (exact) mass is 245 g/mol. The molecule has 0 amide bonds. The van der Waals surface area contributed by atoms with Crippen molar-refractivity contribution in [3.63, 3.8) is 0 Å². The van der Waals surface area contributed by atoms with Crippen LogP contribution in [0.1, 0.15) is 12.8 Å². The van der Waals surface area contributed by atoms with Crippen molar-refractivity contribution in [2.24, 2.45) is 5.92 Å². The Morgan fingerprint density at radius 1 is 1.59 bits per heavy atom. The Bertz CT molecular complexity index is 337. The van der Waals surface area contributed by atoms with Gasteiger partial charge >= 0.3 is 0 Å². The molecule has 0 radical (unpaired) electrons. The van der Waals surface area contributed by atoms with Crippen molar-refractivity contribution in [3.05, 3.63) is 12.4 Å². The first kappa shape index (κ1) is 12.3. The van der Waals surface area contributed by atoms with Crippen molar-refractivity contribution in [3.8, 4) is 5.75 Å². The normalized spacial score (nSPS) is 20.8. The molecule has 6 heteroatoms. The highest BCUT2D eigenvalue weighted by Crippen LogP contribution is 2.14. The van der Waals surface area contributed by atoms with Gasteiger partial charge in [0, 0.05) is 12.5 Å². The second-order valence-corrected chi connectivity index (χ2v) is 4.31. The molecular formula is C11H17F2N3O. The quantitative estimate of drug-likeness (QED) is 0.855. The molecule has 0 aliphatic carbocycles. The number of hydrogen-bond donors (Lipinski definition) is 1. The van der Waals surface area contributed by atoms with Crippen molar-refractivity contribution in [2.75, 3.05) is 19.7 Å². The smallest absolute Gasteiger partial charge is 0.257 e. The average molecular weight is 245 g/mol. The summed E-state index contributed by atoms with van der Waals surface area (Å²) in [5.74, 6) is 1.07. The number of hydrogen-bond acceptors (Lipinski definition) is 3. The van der Waals surface area contributed by atoms with E-state index in [0.717, 1.165) is 19.5 Å². The number of piperidine rings is 1. The van der Waals surface area contributed by atoms with Crippen LogP contribution in [0.2, 0.25) is 0 Å².